The van der Waals surface area contributed by atoms with Crippen LogP contribution in [0.15, 0.2) is 6.33 Å². The lowest BCUT2D eigenvalue weighted by atomic mass is 10.1. The summed E-state index contributed by atoms with van der Waals surface area (Å²) in [5.74, 6) is 0.197. The topological polar surface area (TPSA) is 160 Å². The Hall–Kier alpha value is -1.85. The van der Waals surface area contributed by atoms with Crippen LogP contribution in [0.4, 0.5) is 5.82 Å². The predicted molar refractivity (Wildman–Crippen MR) is 68.7 cm³/mol. The normalized spacial score (nSPS) is 29.3. The molecule has 0 bridgehead atoms. The Labute approximate surface area is 118 Å². The van der Waals surface area contributed by atoms with Gasteiger partial charge >= 0.3 is 0 Å². The van der Waals surface area contributed by atoms with E-state index in [1.807, 2.05) is 0 Å². The van der Waals surface area contributed by atoms with Crippen molar-refractivity contribution in [3.05, 3.63) is 12.2 Å². The minimum absolute atomic E-state index is 0.0922. The largest absolute Gasteiger partial charge is 0.394 e. The molecule has 0 aromatic carbocycles. The first-order valence-electron chi connectivity index (χ1n) is 6.29. The number of nitrogen functional groups attached to an aromatic ring is 1. The number of nitrogens with two attached hydrogens (primary N) is 1. The smallest absolute Gasteiger partial charge is 0.168 e. The van der Waals surface area contributed by atoms with Crippen molar-refractivity contribution < 1.29 is 25.2 Å². The third-order valence-corrected chi connectivity index (χ3v) is 3.43. The van der Waals surface area contributed by atoms with Gasteiger partial charge < -0.3 is 30.9 Å². The van der Waals surface area contributed by atoms with Crippen molar-refractivity contribution in [2.45, 2.75) is 31.1 Å². The Morgan fingerprint density at radius 3 is 2.62 bits per heavy atom. The summed E-state index contributed by atoms with van der Waals surface area (Å²) in [5.41, 5.74) is 6.29. The zero-order chi connectivity index (χ0) is 15.1. The Morgan fingerprint density at radius 1 is 1.24 bits per heavy atom. The van der Waals surface area contributed by atoms with Crippen LogP contribution in [-0.4, -0.2) is 64.9 Å². The van der Waals surface area contributed by atoms with Gasteiger partial charge in [-0.2, -0.15) is 0 Å². The van der Waals surface area contributed by atoms with Crippen LogP contribution < -0.4 is 5.73 Å². The van der Waals surface area contributed by atoms with Gasteiger partial charge in [-0.3, -0.25) is 4.57 Å². The van der Waals surface area contributed by atoms with Crippen molar-refractivity contribution in [1.29, 1.82) is 0 Å². The highest BCUT2D eigenvalue weighted by Gasteiger charge is 2.44. The minimum atomic E-state index is -1.26. The van der Waals surface area contributed by atoms with E-state index < -0.39 is 37.8 Å². The maximum absolute atomic E-state index is 10.0. The highest BCUT2D eigenvalue weighted by Crippen LogP contribution is 2.31. The highest BCUT2D eigenvalue weighted by molar-refractivity contribution is 5.81. The fraction of sp³-hybridized carbons (Fsp3) is 0.545. The molecule has 2 aromatic heterocycles. The summed E-state index contributed by atoms with van der Waals surface area (Å²) in [6, 6.07) is 0. The van der Waals surface area contributed by atoms with Crippen LogP contribution in [0, 0.1) is 0 Å². The first-order valence-corrected chi connectivity index (χ1v) is 6.29. The van der Waals surface area contributed by atoms with Crippen molar-refractivity contribution >= 4 is 17.0 Å². The van der Waals surface area contributed by atoms with Crippen LogP contribution in [0.5, 0.6) is 0 Å². The van der Waals surface area contributed by atoms with E-state index in [-0.39, 0.29) is 17.3 Å². The maximum Gasteiger partial charge on any atom is 0.168 e. The van der Waals surface area contributed by atoms with Gasteiger partial charge in [0.2, 0.25) is 0 Å². The monoisotopic (exact) mass is 297 g/mol. The third-order valence-electron chi connectivity index (χ3n) is 3.43. The number of nitrogens with zero attached hydrogens (tertiary/aromatic N) is 4. The SMILES string of the molecule is Nc1nc(CO)nc2c1ncn2C1O[C@H](CO)[C@@H](O)[C@H]1O. The Bertz CT molecular complexity index is 662. The number of fused-ring (bicyclic) bond motifs is 1. The van der Waals surface area contributed by atoms with Gasteiger partial charge in [-0.15, -0.1) is 0 Å². The quantitative estimate of drug-likeness (QED) is 0.413. The standard InChI is InChI=1S/C11H15N5O5/c12-9-6-10(15-5(2-18)14-9)16(3-13-6)11-8(20)7(19)4(1-17)21-11/h3-4,7-8,11,17-20H,1-2H2,(H2,12,14,15)/t4-,7-,8-,11?/m1/s1. The highest BCUT2D eigenvalue weighted by atomic mass is 16.6. The zero-order valence-corrected chi connectivity index (χ0v) is 10.9. The summed E-state index contributed by atoms with van der Waals surface area (Å²) in [7, 11) is 0. The van der Waals surface area contributed by atoms with Gasteiger partial charge in [0.15, 0.2) is 23.5 Å². The second-order valence-electron chi connectivity index (χ2n) is 4.74. The molecular formula is C11H15N5O5. The van der Waals surface area contributed by atoms with E-state index in [0.29, 0.717) is 5.52 Å². The Morgan fingerprint density at radius 2 is 2.00 bits per heavy atom. The molecule has 1 unspecified atom stereocenters. The number of anilines is 1. The van der Waals surface area contributed by atoms with Gasteiger partial charge in [0.05, 0.1) is 12.9 Å². The lowest BCUT2D eigenvalue weighted by molar-refractivity contribution is -0.0511. The second kappa shape index (κ2) is 5.16. The molecule has 6 N–H and O–H groups in total. The molecule has 1 fully saturated rings. The molecule has 0 amide bonds. The number of rotatable bonds is 3. The third kappa shape index (κ3) is 2.13. The lowest BCUT2D eigenvalue weighted by Crippen LogP contribution is -2.33. The van der Waals surface area contributed by atoms with E-state index in [2.05, 4.69) is 15.0 Å². The molecule has 1 aliphatic rings. The lowest BCUT2D eigenvalue weighted by Gasteiger charge is -2.16. The maximum atomic E-state index is 10.0. The van der Waals surface area contributed by atoms with Crippen LogP contribution in [0.1, 0.15) is 12.1 Å². The summed E-state index contributed by atoms with van der Waals surface area (Å²) in [4.78, 5) is 12.0. The van der Waals surface area contributed by atoms with Crippen molar-refractivity contribution in [3.8, 4) is 0 Å². The molecule has 0 aliphatic carbocycles. The molecule has 3 rings (SSSR count). The van der Waals surface area contributed by atoms with Gasteiger partial charge in [0.25, 0.3) is 0 Å². The first-order chi connectivity index (χ1) is 10.1. The summed E-state index contributed by atoms with van der Waals surface area (Å²) < 4.78 is 6.80. The van der Waals surface area contributed by atoms with E-state index in [1.165, 1.54) is 10.9 Å². The number of aliphatic hydroxyl groups is 4. The van der Waals surface area contributed by atoms with E-state index in [1.54, 1.807) is 0 Å². The van der Waals surface area contributed by atoms with Gasteiger partial charge in [-0.1, -0.05) is 0 Å². The fourth-order valence-electron chi connectivity index (χ4n) is 2.35. The van der Waals surface area contributed by atoms with Crippen LogP contribution in [0.3, 0.4) is 0 Å². The molecule has 2 aromatic rings. The van der Waals surface area contributed by atoms with E-state index >= 15 is 0 Å². The average molecular weight is 297 g/mol. The van der Waals surface area contributed by atoms with Crippen molar-refractivity contribution in [2.24, 2.45) is 0 Å². The zero-order valence-electron chi connectivity index (χ0n) is 10.9. The molecule has 1 saturated heterocycles. The van der Waals surface area contributed by atoms with Crippen LogP contribution in [0.2, 0.25) is 0 Å². The molecule has 10 heteroatoms. The number of hydrogen-bond donors (Lipinski definition) is 5. The first kappa shape index (κ1) is 14.1. The molecule has 21 heavy (non-hydrogen) atoms. The Kier molecular flexibility index (Phi) is 3.47. The predicted octanol–water partition coefficient (Wildman–Crippen LogP) is -2.49. The molecular weight excluding hydrogens is 282 g/mol. The van der Waals surface area contributed by atoms with Crippen molar-refractivity contribution in [3.63, 3.8) is 0 Å². The van der Waals surface area contributed by atoms with Gasteiger partial charge in [0, 0.05) is 0 Å². The molecule has 4 atom stereocenters. The summed E-state index contributed by atoms with van der Waals surface area (Å²) in [6.45, 7) is -0.832. The molecule has 114 valence electrons. The molecule has 3 heterocycles. The van der Waals surface area contributed by atoms with Crippen molar-refractivity contribution in [2.75, 3.05) is 12.3 Å². The summed E-state index contributed by atoms with van der Waals surface area (Å²) in [6.07, 6.45) is -3.01. The molecule has 0 radical (unpaired) electrons. The number of imidazole rings is 1. The van der Waals surface area contributed by atoms with E-state index in [0.717, 1.165) is 0 Å². The molecule has 0 saturated carbocycles. The average Bonchev–Trinajstić information content (AvgIpc) is 3.02. The van der Waals surface area contributed by atoms with Crippen LogP contribution in [0.25, 0.3) is 11.2 Å². The van der Waals surface area contributed by atoms with E-state index in [4.69, 9.17) is 20.7 Å². The van der Waals surface area contributed by atoms with Crippen LogP contribution in [-0.2, 0) is 11.3 Å². The number of aromatic nitrogens is 4. The number of aliphatic hydroxyl groups excluding tert-OH is 4. The molecule has 10 nitrogen and oxygen atoms in total. The van der Waals surface area contributed by atoms with Gasteiger partial charge in [-0.05, 0) is 0 Å². The van der Waals surface area contributed by atoms with E-state index in [9.17, 15) is 10.2 Å². The molecule has 0 spiro atoms. The molecule has 1 aliphatic heterocycles. The van der Waals surface area contributed by atoms with Gasteiger partial charge in [-0.25, -0.2) is 15.0 Å². The number of hydrogen-bond acceptors (Lipinski definition) is 9. The van der Waals surface area contributed by atoms with Crippen LogP contribution >= 0.6 is 0 Å². The summed E-state index contributed by atoms with van der Waals surface area (Å²) >= 11 is 0. The number of ether oxygens (including phenoxy) is 1. The fourth-order valence-corrected chi connectivity index (χ4v) is 2.35. The van der Waals surface area contributed by atoms with Crippen molar-refractivity contribution in [1.82, 2.24) is 19.5 Å². The minimum Gasteiger partial charge on any atom is -0.394 e. The summed E-state index contributed by atoms with van der Waals surface area (Å²) in [5, 5.41) is 38.1. The second-order valence-corrected chi connectivity index (χ2v) is 4.74. The van der Waals surface area contributed by atoms with Gasteiger partial charge in [0.1, 0.15) is 30.4 Å². The Balaban J connectivity index is 2.07.